The minimum absolute atomic E-state index is 0.0319. The van der Waals surface area contributed by atoms with E-state index >= 15 is 0 Å². The summed E-state index contributed by atoms with van der Waals surface area (Å²) in [7, 11) is 0. The number of rotatable bonds is 7. The standard InChI is InChI=1S/C15H12O.C6H14O/c16-15(14-9-5-2-6-10-14)12-11-13-7-3-1-4-8-13;1-2-3-4-5-6-7/h1-12H;7H,2-6H2,1H3. The van der Waals surface area contributed by atoms with Gasteiger partial charge in [0.05, 0.1) is 0 Å². The number of aliphatic hydroxyl groups is 1. The summed E-state index contributed by atoms with van der Waals surface area (Å²) in [5.74, 6) is 0.0319. The highest BCUT2D eigenvalue weighted by Crippen LogP contribution is 2.05. The largest absolute Gasteiger partial charge is 0.396 e. The first kappa shape index (κ1) is 18.9. The first-order valence-electron chi connectivity index (χ1n) is 8.21. The Hall–Kier alpha value is -2.19. The summed E-state index contributed by atoms with van der Waals surface area (Å²) in [6.07, 6.45) is 8.11. The molecule has 0 aliphatic heterocycles. The molecule has 0 unspecified atom stereocenters. The van der Waals surface area contributed by atoms with Gasteiger partial charge in [-0.15, -0.1) is 0 Å². The second-order valence-electron chi connectivity index (χ2n) is 5.26. The van der Waals surface area contributed by atoms with Crippen LogP contribution in [0.25, 0.3) is 6.08 Å². The molecule has 0 aliphatic rings. The molecule has 2 aromatic carbocycles. The molecule has 0 amide bonds. The Bertz CT molecular complexity index is 555. The fourth-order valence-corrected chi connectivity index (χ4v) is 1.97. The van der Waals surface area contributed by atoms with Gasteiger partial charge in [0.2, 0.25) is 0 Å². The van der Waals surface area contributed by atoms with Crippen LogP contribution in [0.4, 0.5) is 0 Å². The van der Waals surface area contributed by atoms with E-state index < -0.39 is 0 Å². The van der Waals surface area contributed by atoms with Crippen LogP contribution in [-0.2, 0) is 0 Å². The van der Waals surface area contributed by atoms with Gasteiger partial charge in [-0.05, 0) is 18.1 Å². The van der Waals surface area contributed by atoms with Crippen LogP contribution in [0.1, 0.15) is 48.5 Å². The van der Waals surface area contributed by atoms with Crippen LogP contribution in [0.15, 0.2) is 66.7 Å². The molecule has 0 radical (unpaired) electrons. The fourth-order valence-electron chi connectivity index (χ4n) is 1.97. The van der Waals surface area contributed by atoms with E-state index in [0.717, 1.165) is 17.5 Å². The summed E-state index contributed by atoms with van der Waals surface area (Å²) in [4.78, 5) is 11.7. The molecule has 0 aliphatic carbocycles. The Balaban J connectivity index is 0.000000322. The molecule has 1 N–H and O–H groups in total. The third-order valence-electron chi connectivity index (χ3n) is 3.30. The quantitative estimate of drug-likeness (QED) is 0.436. The molecular formula is C21H26O2. The monoisotopic (exact) mass is 310 g/mol. The molecule has 0 aromatic heterocycles. The molecule has 0 fully saturated rings. The van der Waals surface area contributed by atoms with Crippen molar-refractivity contribution in [3.63, 3.8) is 0 Å². The number of carbonyl (C=O) groups excluding carboxylic acids is 1. The number of carbonyl (C=O) groups is 1. The van der Waals surface area contributed by atoms with Crippen molar-refractivity contribution in [3.8, 4) is 0 Å². The molecule has 23 heavy (non-hydrogen) atoms. The lowest BCUT2D eigenvalue weighted by molar-refractivity contribution is 0.104. The highest BCUT2D eigenvalue weighted by molar-refractivity contribution is 6.06. The van der Waals surface area contributed by atoms with E-state index in [2.05, 4.69) is 6.92 Å². The van der Waals surface area contributed by atoms with Crippen LogP contribution >= 0.6 is 0 Å². The predicted octanol–water partition coefficient (Wildman–Crippen LogP) is 5.14. The molecule has 0 spiro atoms. The zero-order chi connectivity index (χ0) is 16.8. The Kier molecular flexibility index (Phi) is 10.1. The minimum Gasteiger partial charge on any atom is -0.396 e. The number of benzene rings is 2. The topological polar surface area (TPSA) is 37.3 Å². The Labute approximate surface area is 139 Å². The van der Waals surface area contributed by atoms with Crippen LogP contribution in [0.3, 0.4) is 0 Å². The zero-order valence-corrected chi connectivity index (χ0v) is 13.8. The summed E-state index contributed by atoms with van der Waals surface area (Å²) in [5, 5.41) is 8.29. The van der Waals surface area contributed by atoms with Crippen LogP contribution in [0, 0.1) is 0 Å². The predicted molar refractivity (Wildman–Crippen MR) is 97.5 cm³/mol. The summed E-state index contributed by atoms with van der Waals surface area (Å²) >= 11 is 0. The molecule has 2 rings (SSSR count). The van der Waals surface area contributed by atoms with E-state index in [4.69, 9.17) is 5.11 Å². The van der Waals surface area contributed by atoms with Gasteiger partial charge >= 0.3 is 0 Å². The smallest absolute Gasteiger partial charge is 0.185 e. The van der Waals surface area contributed by atoms with Crippen molar-refractivity contribution in [1.29, 1.82) is 0 Å². The first-order valence-corrected chi connectivity index (χ1v) is 8.21. The van der Waals surface area contributed by atoms with Crippen molar-refractivity contribution >= 4 is 11.9 Å². The molecule has 122 valence electrons. The van der Waals surface area contributed by atoms with E-state index in [1.807, 2.05) is 66.7 Å². The van der Waals surface area contributed by atoms with Gasteiger partial charge in [0.15, 0.2) is 5.78 Å². The third-order valence-corrected chi connectivity index (χ3v) is 3.30. The van der Waals surface area contributed by atoms with Gasteiger partial charge in [-0.25, -0.2) is 0 Å². The average molecular weight is 310 g/mol. The van der Waals surface area contributed by atoms with Crippen molar-refractivity contribution in [3.05, 3.63) is 77.9 Å². The second-order valence-corrected chi connectivity index (χ2v) is 5.26. The molecule has 2 nitrogen and oxygen atoms in total. The van der Waals surface area contributed by atoms with Crippen LogP contribution in [0.5, 0.6) is 0 Å². The lowest BCUT2D eigenvalue weighted by Gasteiger charge is -1.94. The maximum atomic E-state index is 11.7. The Morgan fingerprint density at radius 3 is 2.09 bits per heavy atom. The first-order chi connectivity index (χ1) is 11.3. The van der Waals surface area contributed by atoms with Crippen molar-refractivity contribution in [2.45, 2.75) is 32.6 Å². The van der Waals surface area contributed by atoms with Gasteiger partial charge in [-0.1, -0.05) is 92.9 Å². The summed E-state index contributed by atoms with van der Waals surface area (Å²) in [6, 6.07) is 19.1. The highest BCUT2D eigenvalue weighted by atomic mass is 16.2. The van der Waals surface area contributed by atoms with Gasteiger partial charge in [0.1, 0.15) is 0 Å². The molecule has 2 aromatic rings. The SMILES string of the molecule is CCCCCCO.O=C(C=Cc1ccccc1)c1ccccc1. The number of aliphatic hydroxyl groups excluding tert-OH is 1. The summed E-state index contributed by atoms with van der Waals surface area (Å²) in [6.45, 7) is 2.53. The van der Waals surface area contributed by atoms with Crippen molar-refractivity contribution in [2.24, 2.45) is 0 Å². The zero-order valence-electron chi connectivity index (χ0n) is 13.8. The van der Waals surface area contributed by atoms with Gasteiger partial charge in [0.25, 0.3) is 0 Å². The lowest BCUT2D eigenvalue weighted by Crippen LogP contribution is -1.92. The van der Waals surface area contributed by atoms with E-state index in [1.165, 1.54) is 19.3 Å². The second kappa shape index (κ2) is 12.4. The van der Waals surface area contributed by atoms with E-state index in [-0.39, 0.29) is 5.78 Å². The van der Waals surface area contributed by atoms with Crippen LogP contribution < -0.4 is 0 Å². The van der Waals surface area contributed by atoms with Crippen molar-refractivity contribution in [1.82, 2.24) is 0 Å². The molecule has 0 saturated carbocycles. The summed E-state index contributed by atoms with van der Waals surface area (Å²) in [5.41, 5.74) is 1.75. The van der Waals surface area contributed by atoms with Gasteiger partial charge in [-0.3, -0.25) is 4.79 Å². The molecule has 2 heteroatoms. The average Bonchev–Trinajstić information content (AvgIpc) is 2.62. The minimum atomic E-state index is 0.0319. The normalized spacial score (nSPS) is 10.2. The molecular weight excluding hydrogens is 284 g/mol. The van der Waals surface area contributed by atoms with Crippen LogP contribution in [-0.4, -0.2) is 17.5 Å². The maximum Gasteiger partial charge on any atom is 0.185 e. The van der Waals surface area contributed by atoms with Gasteiger partial charge < -0.3 is 5.11 Å². The van der Waals surface area contributed by atoms with Gasteiger partial charge in [-0.2, -0.15) is 0 Å². The number of allylic oxidation sites excluding steroid dienone is 1. The van der Waals surface area contributed by atoms with E-state index in [9.17, 15) is 4.79 Å². The molecule has 0 heterocycles. The number of hydrogen-bond donors (Lipinski definition) is 1. The van der Waals surface area contributed by atoms with Crippen LogP contribution in [0.2, 0.25) is 0 Å². The molecule has 0 bridgehead atoms. The van der Waals surface area contributed by atoms with Crippen molar-refractivity contribution < 1.29 is 9.90 Å². The maximum absolute atomic E-state index is 11.7. The van der Waals surface area contributed by atoms with E-state index in [0.29, 0.717) is 6.61 Å². The van der Waals surface area contributed by atoms with E-state index in [1.54, 1.807) is 6.08 Å². The fraction of sp³-hybridized carbons (Fsp3) is 0.286. The molecule has 0 saturated heterocycles. The Morgan fingerprint density at radius 1 is 0.913 bits per heavy atom. The lowest BCUT2D eigenvalue weighted by atomic mass is 10.1. The number of ketones is 1. The Morgan fingerprint density at radius 2 is 1.52 bits per heavy atom. The van der Waals surface area contributed by atoms with Crippen molar-refractivity contribution in [2.75, 3.05) is 6.61 Å². The van der Waals surface area contributed by atoms with Gasteiger partial charge in [0, 0.05) is 12.2 Å². The number of unbranched alkanes of at least 4 members (excludes halogenated alkanes) is 3. The number of hydrogen-bond acceptors (Lipinski definition) is 2. The highest BCUT2D eigenvalue weighted by Gasteiger charge is 1.98. The third kappa shape index (κ3) is 8.74. The summed E-state index contributed by atoms with van der Waals surface area (Å²) < 4.78 is 0. The molecule has 0 atom stereocenters.